The second-order valence-corrected chi connectivity index (χ2v) is 10.4. The number of aliphatic hydroxyl groups is 1. The lowest BCUT2D eigenvalue weighted by Gasteiger charge is -2.18. The van der Waals surface area contributed by atoms with Gasteiger partial charge in [-0.2, -0.15) is 0 Å². The van der Waals surface area contributed by atoms with Crippen molar-refractivity contribution in [1.82, 2.24) is 0 Å². The van der Waals surface area contributed by atoms with Gasteiger partial charge in [0.05, 0.1) is 10.5 Å². The molecule has 0 bridgehead atoms. The number of carbonyl (C=O) groups excluding carboxylic acids is 1. The summed E-state index contributed by atoms with van der Waals surface area (Å²) in [6.07, 6.45) is 4.09. The van der Waals surface area contributed by atoms with Crippen LogP contribution in [0.1, 0.15) is 54.5 Å². The molecule has 0 saturated carbocycles. The average molecular weight is 450 g/mol. The Labute approximate surface area is 180 Å². The number of carbonyl (C=O) groups is 1. The van der Waals surface area contributed by atoms with Gasteiger partial charge in [-0.3, -0.25) is 0 Å². The van der Waals surface area contributed by atoms with Crippen LogP contribution in [-0.4, -0.2) is 15.3 Å². The highest BCUT2D eigenvalue weighted by Gasteiger charge is 2.30. The highest BCUT2D eigenvalue weighted by atomic mass is 32.2. The van der Waals surface area contributed by atoms with E-state index in [1.165, 1.54) is 19.9 Å². The molecule has 0 radical (unpaired) electrons. The normalized spacial score (nSPS) is 17.1. The van der Waals surface area contributed by atoms with Crippen LogP contribution >= 0.6 is 0 Å². The number of nitrogens with zero attached hydrogens (tertiary/aromatic N) is 1. The number of hydrogen-bond donors (Lipinski definition) is 3. The first-order valence-corrected chi connectivity index (χ1v) is 11.8. The number of halogens is 2. The molecule has 31 heavy (non-hydrogen) atoms. The third kappa shape index (κ3) is 3.97. The van der Waals surface area contributed by atoms with Gasteiger partial charge >= 0.3 is 6.03 Å². The Morgan fingerprint density at radius 2 is 1.65 bits per heavy atom. The Balaban J connectivity index is 1.69. The van der Waals surface area contributed by atoms with E-state index in [9.17, 15) is 22.9 Å². The molecular formula is C22H25F2N3O3S. The van der Waals surface area contributed by atoms with Crippen LogP contribution in [0.3, 0.4) is 0 Å². The first-order valence-electron chi connectivity index (χ1n) is 10.2. The molecule has 0 heterocycles. The Hall–Kier alpha value is -2.36. The monoisotopic (exact) mass is 449 g/mol. The molecule has 2 amide bonds. The van der Waals surface area contributed by atoms with Crippen LogP contribution in [0.4, 0.5) is 19.3 Å². The molecule has 4 N–H and O–H groups in total. The van der Waals surface area contributed by atoms with Crippen LogP contribution in [0.15, 0.2) is 27.5 Å². The fourth-order valence-electron chi connectivity index (χ4n) is 4.46. The van der Waals surface area contributed by atoms with Crippen LogP contribution in [-0.2, 0) is 41.2 Å². The van der Waals surface area contributed by atoms with Crippen molar-refractivity contribution in [2.24, 2.45) is 9.50 Å². The maximum atomic E-state index is 14.8. The minimum atomic E-state index is -3.88. The summed E-state index contributed by atoms with van der Waals surface area (Å²) >= 11 is 0. The molecule has 2 aliphatic rings. The van der Waals surface area contributed by atoms with Crippen molar-refractivity contribution in [3.8, 4) is 0 Å². The zero-order valence-corrected chi connectivity index (χ0v) is 18.2. The zero-order chi connectivity index (χ0) is 22.6. The molecule has 6 nitrogen and oxygen atoms in total. The molecule has 0 aliphatic heterocycles. The molecule has 0 unspecified atom stereocenters. The van der Waals surface area contributed by atoms with Crippen LogP contribution in [0.2, 0.25) is 0 Å². The highest BCUT2D eigenvalue weighted by Crippen LogP contribution is 2.41. The van der Waals surface area contributed by atoms with Crippen molar-refractivity contribution in [3.05, 3.63) is 57.7 Å². The summed E-state index contributed by atoms with van der Waals surface area (Å²) in [5.41, 5.74) is 2.26. The number of rotatable bonds is 3. The number of amides is 2. The Bertz CT molecular complexity index is 1180. The number of nitrogens with two attached hydrogens (primary N) is 1. The van der Waals surface area contributed by atoms with Gasteiger partial charge in [0.25, 0.3) is 0 Å². The number of hydrogen-bond acceptors (Lipinski definition) is 3. The molecule has 9 heteroatoms. The molecule has 166 valence electrons. The Kier molecular flexibility index (Phi) is 5.39. The smallest absolute Gasteiger partial charge is 0.354 e. The zero-order valence-electron chi connectivity index (χ0n) is 17.4. The minimum absolute atomic E-state index is 0.175. The lowest BCUT2D eigenvalue weighted by molar-refractivity contribution is 0.0781. The van der Waals surface area contributed by atoms with Gasteiger partial charge < -0.3 is 10.4 Å². The maximum absolute atomic E-state index is 14.8. The summed E-state index contributed by atoms with van der Waals surface area (Å²) in [6, 6.07) is 2.61. The molecule has 2 aromatic rings. The van der Waals surface area contributed by atoms with Crippen LogP contribution in [0.5, 0.6) is 0 Å². The standard InChI is InChI=1S/C22H25F2N3O3S/c1-22(2,29)12-9-10-18(17(23)11-12)31(25,30)27-21(28)26-20-15-7-3-5-13(15)19(24)14-6-4-8-16(14)20/h9-11,29H,3-8H2,1-2H3,(H3,25,26,27,28,30)/t31-/m0/s1. The van der Waals surface area contributed by atoms with Crippen LogP contribution in [0, 0.1) is 11.6 Å². The molecular weight excluding hydrogens is 424 g/mol. The molecule has 4 rings (SSSR count). The Morgan fingerprint density at radius 3 is 2.16 bits per heavy atom. The van der Waals surface area contributed by atoms with E-state index in [0.717, 1.165) is 36.1 Å². The van der Waals surface area contributed by atoms with Gasteiger partial charge in [0, 0.05) is 5.69 Å². The van der Waals surface area contributed by atoms with Crippen molar-refractivity contribution in [1.29, 1.82) is 0 Å². The van der Waals surface area contributed by atoms with E-state index in [-0.39, 0.29) is 11.4 Å². The van der Waals surface area contributed by atoms with E-state index >= 15 is 0 Å². The predicted molar refractivity (Wildman–Crippen MR) is 114 cm³/mol. The van der Waals surface area contributed by atoms with E-state index in [1.807, 2.05) is 0 Å². The van der Waals surface area contributed by atoms with E-state index < -0.39 is 32.3 Å². The second-order valence-electron chi connectivity index (χ2n) is 8.60. The molecule has 0 spiro atoms. The fourth-order valence-corrected chi connectivity index (χ4v) is 5.45. The summed E-state index contributed by atoms with van der Waals surface area (Å²) < 4.78 is 45.8. The highest BCUT2D eigenvalue weighted by molar-refractivity contribution is 7.91. The summed E-state index contributed by atoms with van der Waals surface area (Å²) in [6.45, 7) is 2.97. The van der Waals surface area contributed by atoms with E-state index in [2.05, 4.69) is 9.68 Å². The number of anilines is 1. The molecule has 0 saturated heterocycles. The lowest BCUT2D eigenvalue weighted by atomic mass is 9.98. The molecule has 2 aliphatic carbocycles. The first kappa shape index (κ1) is 21.9. The predicted octanol–water partition coefficient (Wildman–Crippen LogP) is 4.10. The fraction of sp³-hybridized carbons (Fsp3) is 0.409. The van der Waals surface area contributed by atoms with Crippen molar-refractivity contribution < 1.29 is 22.9 Å². The quantitative estimate of drug-likeness (QED) is 0.657. The number of nitrogens with one attached hydrogen (secondary N) is 1. The van der Waals surface area contributed by atoms with Crippen molar-refractivity contribution in [2.45, 2.75) is 62.9 Å². The lowest BCUT2D eigenvalue weighted by Crippen LogP contribution is -2.21. The summed E-state index contributed by atoms with van der Waals surface area (Å²) in [4.78, 5) is 12.2. The van der Waals surface area contributed by atoms with E-state index in [1.54, 1.807) is 0 Å². The SMILES string of the molecule is CC(C)(O)c1ccc([S@@](N)(=O)=NC(=O)Nc2c3c(c(F)c4c2CCC4)CCC3)c(F)c1. The Morgan fingerprint density at radius 1 is 1.10 bits per heavy atom. The molecule has 0 aromatic heterocycles. The topological polar surface area (TPSA) is 105 Å². The number of benzene rings is 2. The van der Waals surface area contributed by atoms with Gasteiger partial charge in [0.15, 0.2) is 0 Å². The van der Waals surface area contributed by atoms with E-state index in [4.69, 9.17) is 5.14 Å². The van der Waals surface area contributed by atoms with Crippen molar-refractivity contribution >= 4 is 21.6 Å². The minimum Gasteiger partial charge on any atom is -0.386 e. The van der Waals surface area contributed by atoms with Gasteiger partial charge in [0.1, 0.15) is 21.5 Å². The van der Waals surface area contributed by atoms with E-state index in [0.29, 0.717) is 42.5 Å². The summed E-state index contributed by atoms with van der Waals surface area (Å²) in [5.74, 6) is -1.10. The van der Waals surface area contributed by atoms with Gasteiger partial charge in [-0.05, 0) is 92.3 Å². The maximum Gasteiger partial charge on any atom is 0.354 e. The summed E-state index contributed by atoms with van der Waals surface area (Å²) in [5, 5.41) is 18.4. The molecule has 0 fully saturated rings. The average Bonchev–Trinajstić information content (AvgIpc) is 3.33. The molecule has 1 atom stereocenters. The third-order valence-corrected chi connectivity index (χ3v) is 7.37. The van der Waals surface area contributed by atoms with Crippen molar-refractivity contribution in [2.75, 3.05) is 5.32 Å². The van der Waals surface area contributed by atoms with Crippen LogP contribution < -0.4 is 10.5 Å². The first-order chi connectivity index (χ1) is 14.5. The second kappa shape index (κ2) is 7.65. The van der Waals surface area contributed by atoms with Gasteiger partial charge in [-0.1, -0.05) is 6.07 Å². The largest absolute Gasteiger partial charge is 0.386 e. The number of fused-ring (bicyclic) bond motifs is 2. The van der Waals surface area contributed by atoms with Gasteiger partial charge in [0.2, 0.25) is 0 Å². The number of urea groups is 1. The third-order valence-electron chi connectivity index (χ3n) is 5.97. The molecule has 2 aromatic carbocycles. The van der Waals surface area contributed by atoms with Gasteiger partial charge in [-0.25, -0.2) is 22.9 Å². The van der Waals surface area contributed by atoms with Crippen molar-refractivity contribution in [3.63, 3.8) is 0 Å². The summed E-state index contributed by atoms with van der Waals surface area (Å²) in [7, 11) is -3.88. The van der Waals surface area contributed by atoms with Crippen LogP contribution in [0.25, 0.3) is 0 Å². The van der Waals surface area contributed by atoms with Gasteiger partial charge in [-0.15, -0.1) is 4.36 Å².